The fourth-order valence-electron chi connectivity index (χ4n) is 4.41. The number of ether oxygens (including phenoxy) is 1. The molecular formula is C35H34F2N4O5. The van der Waals surface area contributed by atoms with Gasteiger partial charge in [-0.25, -0.2) is 13.6 Å². The number of Topliss-reactive ketones (excluding diaryl/α,β-unsaturated/α-hetero) is 1. The van der Waals surface area contributed by atoms with E-state index in [4.69, 9.17) is 15.0 Å². The summed E-state index contributed by atoms with van der Waals surface area (Å²) in [6, 6.07) is 15.6. The Bertz CT molecular complexity index is 1840. The first kappa shape index (κ1) is 33.4. The number of hydrogen-bond acceptors (Lipinski definition) is 7. The molecule has 0 saturated carbocycles. The van der Waals surface area contributed by atoms with Gasteiger partial charge in [0, 0.05) is 17.7 Å². The maximum atomic E-state index is 15.1. The minimum absolute atomic E-state index is 0.0245. The van der Waals surface area contributed by atoms with Crippen molar-refractivity contribution in [1.82, 2.24) is 10.1 Å². The summed E-state index contributed by atoms with van der Waals surface area (Å²) < 4.78 is 39.8. The van der Waals surface area contributed by atoms with E-state index < -0.39 is 35.0 Å². The summed E-state index contributed by atoms with van der Waals surface area (Å²) in [7, 11) is 0. The number of primary amides is 1. The van der Waals surface area contributed by atoms with Crippen molar-refractivity contribution in [3.05, 3.63) is 107 Å². The number of aromatic nitrogens is 2. The molecule has 0 aliphatic heterocycles. The summed E-state index contributed by atoms with van der Waals surface area (Å²) in [5.74, 6) is -2.32. The standard InChI is InChI=1S/C35H34F2N4O5/c1-6-22(24-10-7-20(2)28(36)19-24)18-27(31(38)43)30(42)16-9-21-8-15-26(29(37)17-21)32-40-33(46-41-32)23-11-13-25(14-12-23)39-34(44)45-35(3,4)5/h6-8,10-15,17-19H,9,16H2,1-5H3,(H2,38,43)(H,39,44)/b22-6+,27-18+. The first-order chi connectivity index (χ1) is 21.7. The van der Waals surface area contributed by atoms with Gasteiger partial charge in [-0.2, -0.15) is 4.98 Å². The summed E-state index contributed by atoms with van der Waals surface area (Å²) in [5, 5.41) is 6.53. The van der Waals surface area contributed by atoms with Crippen LogP contribution >= 0.6 is 0 Å². The number of carbonyl (C=O) groups excluding carboxylic acids is 3. The average Bonchev–Trinajstić information content (AvgIpc) is 3.47. The molecule has 11 heteroatoms. The molecule has 0 unspecified atom stereocenters. The topological polar surface area (TPSA) is 137 Å². The van der Waals surface area contributed by atoms with Crippen LogP contribution in [0.3, 0.4) is 0 Å². The largest absolute Gasteiger partial charge is 0.444 e. The Balaban J connectivity index is 1.42. The number of amides is 2. The van der Waals surface area contributed by atoms with E-state index in [0.29, 0.717) is 33.5 Å². The molecular weight excluding hydrogens is 594 g/mol. The zero-order valence-corrected chi connectivity index (χ0v) is 26.1. The fraction of sp³-hybridized carbons (Fsp3) is 0.229. The van der Waals surface area contributed by atoms with Gasteiger partial charge in [0.1, 0.15) is 17.2 Å². The third-order valence-electron chi connectivity index (χ3n) is 6.80. The molecule has 46 heavy (non-hydrogen) atoms. The van der Waals surface area contributed by atoms with Gasteiger partial charge in [-0.15, -0.1) is 0 Å². The van der Waals surface area contributed by atoms with Crippen LogP contribution < -0.4 is 11.1 Å². The van der Waals surface area contributed by atoms with Gasteiger partial charge in [-0.1, -0.05) is 29.4 Å². The Labute approximate surface area is 265 Å². The fourth-order valence-corrected chi connectivity index (χ4v) is 4.41. The van der Waals surface area contributed by atoms with Crippen LogP contribution in [0.25, 0.3) is 28.4 Å². The van der Waals surface area contributed by atoms with E-state index in [1.165, 1.54) is 24.3 Å². The van der Waals surface area contributed by atoms with E-state index in [1.807, 2.05) is 0 Å². The Morgan fingerprint density at radius 2 is 1.72 bits per heavy atom. The summed E-state index contributed by atoms with van der Waals surface area (Å²) in [6.45, 7) is 8.62. The van der Waals surface area contributed by atoms with E-state index in [0.717, 1.165) is 0 Å². The van der Waals surface area contributed by atoms with Gasteiger partial charge in [0.25, 0.3) is 11.8 Å². The molecule has 0 spiro atoms. The van der Waals surface area contributed by atoms with Gasteiger partial charge >= 0.3 is 6.09 Å². The Hall–Kier alpha value is -5.45. The normalized spacial score (nSPS) is 12.2. The first-order valence-corrected chi connectivity index (χ1v) is 14.4. The minimum Gasteiger partial charge on any atom is -0.444 e. The summed E-state index contributed by atoms with van der Waals surface area (Å²) in [5.41, 5.74) is 7.70. The molecule has 0 atom stereocenters. The van der Waals surface area contributed by atoms with Gasteiger partial charge in [-0.3, -0.25) is 14.9 Å². The van der Waals surface area contributed by atoms with Crippen LogP contribution in [0, 0.1) is 18.6 Å². The van der Waals surface area contributed by atoms with Crippen molar-refractivity contribution in [2.24, 2.45) is 5.73 Å². The predicted molar refractivity (Wildman–Crippen MR) is 170 cm³/mol. The lowest BCUT2D eigenvalue weighted by Crippen LogP contribution is -2.27. The Morgan fingerprint density at radius 3 is 2.33 bits per heavy atom. The molecule has 4 aromatic rings. The third kappa shape index (κ3) is 8.59. The van der Waals surface area contributed by atoms with E-state index in [9.17, 15) is 18.8 Å². The van der Waals surface area contributed by atoms with Gasteiger partial charge < -0.3 is 15.0 Å². The van der Waals surface area contributed by atoms with Crippen molar-refractivity contribution in [1.29, 1.82) is 0 Å². The van der Waals surface area contributed by atoms with E-state index in [1.54, 1.807) is 83.2 Å². The maximum absolute atomic E-state index is 15.1. The van der Waals surface area contributed by atoms with Gasteiger partial charge in [-0.05, 0) is 112 Å². The monoisotopic (exact) mass is 628 g/mol. The number of hydrogen-bond donors (Lipinski definition) is 2. The highest BCUT2D eigenvalue weighted by molar-refractivity contribution is 6.20. The van der Waals surface area contributed by atoms with Crippen molar-refractivity contribution in [2.45, 2.75) is 53.1 Å². The lowest BCUT2D eigenvalue weighted by atomic mass is 9.96. The second-order valence-corrected chi connectivity index (χ2v) is 11.5. The van der Waals surface area contributed by atoms with E-state index in [2.05, 4.69) is 15.5 Å². The molecule has 0 aliphatic rings. The number of halogens is 2. The average molecular weight is 629 g/mol. The van der Waals surface area contributed by atoms with Gasteiger partial charge in [0.2, 0.25) is 5.82 Å². The molecule has 3 aromatic carbocycles. The molecule has 0 aliphatic carbocycles. The zero-order chi connectivity index (χ0) is 33.6. The van der Waals surface area contributed by atoms with Gasteiger partial charge in [0.15, 0.2) is 5.78 Å². The second kappa shape index (κ2) is 14.1. The second-order valence-electron chi connectivity index (χ2n) is 11.5. The molecule has 0 radical (unpaired) electrons. The number of aryl methyl sites for hydroxylation is 2. The number of carbonyl (C=O) groups is 3. The van der Waals surface area contributed by atoms with E-state index >= 15 is 4.39 Å². The van der Waals surface area contributed by atoms with E-state index in [-0.39, 0.29) is 35.7 Å². The highest BCUT2D eigenvalue weighted by Gasteiger charge is 2.19. The van der Waals surface area contributed by atoms with Crippen LogP contribution in [0.1, 0.15) is 50.8 Å². The Morgan fingerprint density at radius 1 is 1.00 bits per heavy atom. The highest BCUT2D eigenvalue weighted by Crippen LogP contribution is 2.27. The number of nitrogens with one attached hydrogen (secondary N) is 1. The lowest BCUT2D eigenvalue weighted by molar-refractivity contribution is -0.120. The number of ketones is 1. The highest BCUT2D eigenvalue weighted by atomic mass is 19.1. The number of allylic oxidation sites excluding steroid dienone is 3. The number of anilines is 1. The first-order valence-electron chi connectivity index (χ1n) is 14.4. The molecule has 1 aromatic heterocycles. The molecule has 0 bridgehead atoms. The van der Waals surface area contributed by atoms with Crippen molar-refractivity contribution >= 4 is 29.0 Å². The maximum Gasteiger partial charge on any atom is 0.412 e. The summed E-state index contributed by atoms with van der Waals surface area (Å²) in [4.78, 5) is 41.4. The van der Waals surface area contributed by atoms with Crippen LogP contribution in [-0.2, 0) is 20.7 Å². The van der Waals surface area contributed by atoms with Crippen LogP contribution in [0.4, 0.5) is 19.3 Å². The van der Waals surface area contributed by atoms with Crippen molar-refractivity contribution in [2.75, 3.05) is 5.32 Å². The lowest BCUT2D eigenvalue weighted by Gasteiger charge is -2.19. The quantitative estimate of drug-likeness (QED) is 0.0810. The molecule has 4 rings (SSSR count). The molecule has 0 saturated heterocycles. The zero-order valence-electron chi connectivity index (χ0n) is 26.1. The number of rotatable bonds is 10. The number of nitrogens with zero attached hydrogens (tertiary/aromatic N) is 2. The molecule has 2 amide bonds. The minimum atomic E-state index is -0.916. The van der Waals surface area contributed by atoms with Crippen LogP contribution in [-0.4, -0.2) is 33.5 Å². The van der Waals surface area contributed by atoms with Crippen LogP contribution in [0.2, 0.25) is 0 Å². The smallest absolute Gasteiger partial charge is 0.412 e. The van der Waals surface area contributed by atoms with Crippen LogP contribution in [0.5, 0.6) is 0 Å². The molecule has 3 N–H and O–H groups in total. The van der Waals surface area contributed by atoms with Crippen molar-refractivity contribution in [3.63, 3.8) is 0 Å². The van der Waals surface area contributed by atoms with Gasteiger partial charge in [0.05, 0.1) is 11.1 Å². The summed E-state index contributed by atoms with van der Waals surface area (Å²) >= 11 is 0. The summed E-state index contributed by atoms with van der Waals surface area (Å²) in [6.07, 6.45) is 2.42. The molecule has 9 nitrogen and oxygen atoms in total. The number of nitrogens with two attached hydrogens (primary N) is 1. The molecule has 1 heterocycles. The van der Waals surface area contributed by atoms with Crippen molar-refractivity contribution < 1.29 is 32.4 Å². The Kier molecular flexibility index (Phi) is 10.3. The van der Waals surface area contributed by atoms with Crippen molar-refractivity contribution in [3.8, 4) is 22.8 Å². The number of benzene rings is 3. The van der Waals surface area contributed by atoms with Crippen LogP contribution in [0.15, 0.2) is 82.9 Å². The molecule has 238 valence electrons. The SMILES string of the molecule is C/C=C(\C=C(\C(N)=O)C(=O)CCc1ccc(-c2noc(-c3ccc(NC(=O)OC(C)(C)C)cc3)n2)c(F)c1)c1ccc(C)c(F)c1. The molecule has 0 fully saturated rings. The third-order valence-corrected chi connectivity index (χ3v) is 6.80. The predicted octanol–water partition coefficient (Wildman–Crippen LogP) is 7.35.